The molecule has 2 aromatic rings. The summed E-state index contributed by atoms with van der Waals surface area (Å²) < 4.78 is 5.46. The van der Waals surface area contributed by atoms with E-state index in [0.29, 0.717) is 11.3 Å². The zero-order valence-electron chi connectivity index (χ0n) is 10.7. The molecule has 104 valence electrons. The molecule has 0 aromatic heterocycles. The van der Waals surface area contributed by atoms with E-state index < -0.39 is 11.9 Å². The van der Waals surface area contributed by atoms with Gasteiger partial charge in [-0.3, -0.25) is 0 Å². The second-order valence-electron chi connectivity index (χ2n) is 4.10. The Bertz CT molecular complexity index is 756. The van der Waals surface area contributed by atoms with Crippen molar-refractivity contribution in [2.45, 2.75) is 0 Å². The highest BCUT2D eigenvalue weighted by atomic mass is 16.5. The normalized spacial score (nSPS) is 9.67. The summed E-state index contributed by atoms with van der Waals surface area (Å²) >= 11 is 0. The van der Waals surface area contributed by atoms with Crippen LogP contribution < -0.4 is 4.74 Å². The first-order valence-electron chi connectivity index (χ1n) is 5.86. The molecule has 0 spiro atoms. The lowest BCUT2D eigenvalue weighted by atomic mass is 10.1. The lowest BCUT2D eigenvalue weighted by Crippen LogP contribution is -2.03. The van der Waals surface area contributed by atoms with Crippen LogP contribution >= 0.6 is 0 Å². The zero-order valence-corrected chi connectivity index (χ0v) is 10.7. The molecule has 0 aliphatic heterocycles. The minimum Gasteiger partial charge on any atom is -0.478 e. The number of carboxylic acids is 2. The van der Waals surface area contributed by atoms with Crippen molar-refractivity contribution in [1.82, 2.24) is 0 Å². The van der Waals surface area contributed by atoms with Gasteiger partial charge in [0.2, 0.25) is 0 Å². The van der Waals surface area contributed by atoms with Gasteiger partial charge < -0.3 is 14.9 Å². The van der Waals surface area contributed by atoms with E-state index in [1.165, 1.54) is 12.1 Å². The van der Waals surface area contributed by atoms with Crippen LogP contribution in [0, 0.1) is 12.3 Å². The standard InChI is InChI=1S/C16H10O5/c1-2-10-4-3-5-12(8-10)21-14-9-11(15(17)18)6-7-13(14)16(19)20/h1,3-9H,(H,17,18)(H,19,20). The van der Waals surface area contributed by atoms with Crippen molar-refractivity contribution >= 4 is 11.9 Å². The minimum absolute atomic E-state index is 0.0587. The van der Waals surface area contributed by atoms with Gasteiger partial charge in [0.1, 0.15) is 17.1 Å². The van der Waals surface area contributed by atoms with Gasteiger partial charge in [0, 0.05) is 5.56 Å². The quantitative estimate of drug-likeness (QED) is 0.842. The summed E-state index contributed by atoms with van der Waals surface area (Å²) in [4.78, 5) is 22.1. The minimum atomic E-state index is -1.21. The molecule has 5 nitrogen and oxygen atoms in total. The fraction of sp³-hybridized carbons (Fsp3) is 0. The van der Waals surface area contributed by atoms with Crippen molar-refractivity contribution in [1.29, 1.82) is 0 Å². The molecule has 21 heavy (non-hydrogen) atoms. The van der Waals surface area contributed by atoms with Gasteiger partial charge in [-0.25, -0.2) is 9.59 Å². The number of carboxylic acid groups (broad SMARTS) is 2. The SMILES string of the molecule is C#Cc1cccc(Oc2cc(C(=O)O)ccc2C(=O)O)c1. The van der Waals surface area contributed by atoms with Crippen LogP contribution in [0.1, 0.15) is 26.3 Å². The molecule has 2 rings (SSSR count). The van der Waals surface area contributed by atoms with Crippen molar-refractivity contribution in [3.8, 4) is 23.8 Å². The van der Waals surface area contributed by atoms with E-state index in [9.17, 15) is 9.59 Å². The number of terminal acetylenes is 1. The lowest BCUT2D eigenvalue weighted by Gasteiger charge is -2.10. The fourth-order valence-electron chi connectivity index (χ4n) is 1.69. The maximum absolute atomic E-state index is 11.2. The monoisotopic (exact) mass is 282 g/mol. The zero-order chi connectivity index (χ0) is 15.4. The van der Waals surface area contributed by atoms with Crippen molar-refractivity contribution in [3.63, 3.8) is 0 Å². The van der Waals surface area contributed by atoms with Gasteiger partial charge in [0.15, 0.2) is 0 Å². The van der Waals surface area contributed by atoms with Gasteiger partial charge in [-0.1, -0.05) is 12.0 Å². The Morgan fingerprint density at radius 2 is 1.81 bits per heavy atom. The van der Waals surface area contributed by atoms with E-state index in [1.54, 1.807) is 24.3 Å². The van der Waals surface area contributed by atoms with Gasteiger partial charge >= 0.3 is 11.9 Å². The maximum atomic E-state index is 11.2. The summed E-state index contributed by atoms with van der Waals surface area (Å²) in [6, 6.07) is 10.1. The molecule has 0 amide bonds. The molecule has 0 saturated heterocycles. The summed E-state index contributed by atoms with van der Waals surface area (Å²) in [6.07, 6.45) is 5.28. The van der Waals surface area contributed by atoms with Gasteiger partial charge in [-0.15, -0.1) is 6.42 Å². The van der Waals surface area contributed by atoms with Gasteiger partial charge in [0.25, 0.3) is 0 Å². The van der Waals surface area contributed by atoms with Crippen LogP contribution in [-0.2, 0) is 0 Å². The van der Waals surface area contributed by atoms with Crippen LogP contribution in [0.25, 0.3) is 0 Å². The topological polar surface area (TPSA) is 83.8 Å². The number of rotatable bonds is 4. The summed E-state index contributed by atoms with van der Waals surface area (Å²) in [7, 11) is 0. The number of carbonyl (C=O) groups is 2. The van der Waals surface area contributed by atoms with Gasteiger partial charge in [0.05, 0.1) is 5.56 Å². The van der Waals surface area contributed by atoms with Gasteiger partial charge in [-0.2, -0.15) is 0 Å². The molecule has 0 aliphatic carbocycles. The van der Waals surface area contributed by atoms with Crippen molar-refractivity contribution in [2.75, 3.05) is 0 Å². The fourth-order valence-corrected chi connectivity index (χ4v) is 1.69. The predicted molar refractivity (Wildman–Crippen MR) is 74.8 cm³/mol. The van der Waals surface area contributed by atoms with E-state index in [2.05, 4.69) is 5.92 Å². The highest BCUT2D eigenvalue weighted by Crippen LogP contribution is 2.27. The largest absolute Gasteiger partial charge is 0.478 e. The van der Waals surface area contributed by atoms with Crippen molar-refractivity contribution in [2.24, 2.45) is 0 Å². The summed E-state index contributed by atoms with van der Waals surface area (Å²) in [5.74, 6) is 0.315. The maximum Gasteiger partial charge on any atom is 0.339 e. The van der Waals surface area contributed by atoms with E-state index >= 15 is 0 Å². The average Bonchev–Trinajstić information content (AvgIpc) is 2.47. The van der Waals surface area contributed by atoms with Crippen molar-refractivity contribution < 1.29 is 24.5 Å². The van der Waals surface area contributed by atoms with E-state index in [4.69, 9.17) is 21.4 Å². The average molecular weight is 282 g/mol. The molecule has 0 saturated carbocycles. The molecule has 2 N–H and O–H groups in total. The Morgan fingerprint density at radius 1 is 1.05 bits per heavy atom. The summed E-state index contributed by atoms with van der Waals surface area (Å²) in [5.41, 5.74) is 0.368. The molecule has 5 heteroatoms. The van der Waals surface area contributed by atoms with E-state index in [1.807, 2.05) is 0 Å². The second-order valence-corrected chi connectivity index (χ2v) is 4.10. The van der Waals surface area contributed by atoms with E-state index in [-0.39, 0.29) is 16.9 Å². The second kappa shape index (κ2) is 5.80. The molecular weight excluding hydrogens is 272 g/mol. The van der Waals surface area contributed by atoms with Crippen LogP contribution in [-0.4, -0.2) is 22.2 Å². The van der Waals surface area contributed by atoms with Crippen molar-refractivity contribution in [3.05, 3.63) is 59.2 Å². The molecule has 0 bridgehead atoms. The first-order chi connectivity index (χ1) is 10.0. The lowest BCUT2D eigenvalue weighted by molar-refractivity contribution is 0.0678. The number of hydrogen-bond acceptors (Lipinski definition) is 3. The third-order valence-electron chi connectivity index (χ3n) is 2.69. The molecule has 0 aliphatic rings. The molecule has 0 heterocycles. The van der Waals surface area contributed by atoms with Gasteiger partial charge in [-0.05, 0) is 36.4 Å². The highest BCUT2D eigenvalue weighted by Gasteiger charge is 2.15. The Morgan fingerprint density at radius 3 is 2.43 bits per heavy atom. The van der Waals surface area contributed by atoms with Crippen LogP contribution in [0.15, 0.2) is 42.5 Å². The third kappa shape index (κ3) is 3.19. The Kier molecular flexibility index (Phi) is 3.91. The van der Waals surface area contributed by atoms with Crippen LogP contribution in [0.3, 0.4) is 0 Å². The number of aromatic carboxylic acids is 2. The molecule has 0 unspecified atom stereocenters. The summed E-state index contributed by atoms with van der Waals surface area (Å²) in [6.45, 7) is 0. The molecule has 0 radical (unpaired) electrons. The molecule has 0 atom stereocenters. The molecule has 0 fully saturated rings. The Balaban J connectivity index is 2.45. The first kappa shape index (κ1) is 14.2. The third-order valence-corrected chi connectivity index (χ3v) is 2.69. The smallest absolute Gasteiger partial charge is 0.339 e. The van der Waals surface area contributed by atoms with E-state index in [0.717, 1.165) is 6.07 Å². The number of hydrogen-bond donors (Lipinski definition) is 2. The Hall–Kier alpha value is -3.26. The van der Waals surface area contributed by atoms with Crippen LogP contribution in [0.2, 0.25) is 0 Å². The predicted octanol–water partition coefficient (Wildman–Crippen LogP) is 2.86. The number of ether oxygens (including phenoxy) is 1. The highest BCUT2D eigenvalue weighted by molar-refractivity contribution is 5.94. The summed E-state index contributed by atoms with van der Waals surface area (Å²) in [5, 5.41) is 18.1. The first-order valence-corrected chi connectivity index (χ1v) is 5.86. The molecular formula is C16H10O5. The van der Waals surface area contributed by atoms with Crippen LogP contribution in [0.5, 0.6) is 11.5 Å². The molecule has 2 aromatic carbocycles. The van der Waals surface area contributed by atoms with Crippen LogP contribution in [0.4, 0.5) is 0 Å². The number of benzene rings is 2. The Labute approximate surface area is 120 Å².